The van der Waals surface area contributed by atoms with E-state index in [9.17, 15) is 0 Å². The van der Waals surface area contributed by atoms with E-state index in [1.807, 2.05) is 4.68 Å². The molecule has 110 valence electrons. The Kier molecular flexibility index (Phi) is 7.75. The zero-order valence-electron chi connectivity index (χ0n) is 12.9. The molecule has 1 unspecified atom stereocenters. The highest BCUT2D eigenvalue weighted by atomic mass is 16.5. The molecule has 0 radical (unpaired) electrons. The average molecular weight is 267 g/mol. The maximum absolute atomic E-state index is 5.58. The van der Waals surface area contributed by atoms with Gasteiger partial charge in [-0.2, -0.15) is 5.10 Å². The van der Waals surface area contributed by atoms with E-state index >= 15 is 0 Å². The molecule has 0 aromatic carbocycles. The van der Waals surface area contributed by atoms with Crippen molar-refractivity contribution in [2.24, 2.45) is 0 Å². The van der Waals surface area contributed by atoms with Crippen molar-refractivity contribution in [2.75, 3.05) is 19.8 Å². The zero-order chi connectivity index (χ0) is 14.1. The first-order valence-electron chi connectivity index (χ1n) is 7.52. The second kappa shape index (κ2) is 9.10. The summed E-state index contributed by atoms with van der Waals surface area (Å²) in [4.78, 5) is 0. The number of nitrogens with one attached hydrogen (secondary N) is 1. The first-order valence-corrected chi connectivity index (χ1v) is 7.52. The Morgan fingerprint density at radius 3 is 2.68 bits per heavy atom. The Morgan fingerprint density at radius 1 is 1.32 bits per heavy atom. The third kappa shape index (κ3) is 6.21. The molecule has 0 saturated heterocycles. The van der Waals surface area contributed by atoms with Crippen molar-refractivity contribution in [2.45, 2.75) is 59.0 Å². The molecule has 0 saturated carbocycles. The van der Waals surface area contributed by atoms with Crippen LogP contribution in [-0.4, -0.2) is 35.6 Å². The molecule has 1 aromatic heterocycles. The van der Waals surface area contributed by atoms with Gasteiger partial charge in [0.2, 0.25) is 0 Å². The summed E-state index contributed by atoms with van der Waals surface area (Å²) in [5.74, 6) is 0. The van der Waals surface area contributed by atoms with Crippen molar-refractivity contribution in [1.29, 1.82) is 0 Å². The van der Waals surface area contributed by atoms with Gasteiger partial charge in [0.05, 0.1) is 5.69 Å². The molecule has 0 bridgehead atoms. The van der Waals surface area contributed by atoms with E-state index in [2.05, 4.69) is 50.4 Å². The summed E-state index contributed by atoms with van der Waals surface area (Å²) in [6.07, 6.45) is 5.17. The Bertz CT molecular complexity index is 336. The lowest BCUT2D eigenvalue weighted by atomic mass is 10.1. The third-order valence-electron chi connectivity index (χ3n) is 3.10. The van der Waals surface area contributed by atoms with Crippen LogP contribution in [0.1, 0.15) is 52.3 Å². The molecule has 0 fully saturated rings. The lowest BCUT2D eigenvalue weighted by Crippen LogP contribution is -2.32. The second-order valence-corrected chi connectivity index (χ2v) is 5.24. The number of ether oxygens (including phenoxy) is 1. The Morgan fingerprint density at radius 2 is 2.11 bits per heavy atom. The Labute approximate surface area is 117 Å². The van der Waals surface area contributed by atoms with Gasteiger partial charge in [0.25, 0.3) is 0 Å². The fourth-order valence-corrected chi connectivity index (χ4v) is 2.06. The minimum atomic E-state index is 0.430. The molecular formula is C15H29N3O. The van der Waals surface area contributed by atoms with E-state index in [1.165, 1.54) is 0 Å². The van der Waals surface area contributed by atoms with Crippen LogP contribution in [0.25, 0.3) is 0 Å². The summed E-state index contributed by atoms with van der Waals surface area (Å²) in [5, 5.41) is 8.13. The molecule has 1 atom stereocenters. The van der Waals surface area contributed by atoms with Gasteiger partial charge < -0.3 is 10.1 Å². The van der Waals surface area contributed by atoms with Crippen LogP contribution >= 0.6 is 0 Å². The molecule has 1 N–H and O–H groups in total. The first kappa shape index (κ1) is 16.2. The molecule has 0 spiro atoms. The maximum atomic E-state index is 5.58. The number of rotatable bonds is 10. The summed E-state index contributed by atoms with van der Waals surface area (Å²) in [6.45, 7) is 11.3. The Hall–Kier alpha value is -0.870. The van der Waals surface area contributed by atoms with Crippen LogP contribution in [0.5, 0.6) is 0 Å². The fourth-order valence-electron chi connectivity index (χ4n) is 2.06. The highest BCUT2D eigenvalue weighted by molar-refractivity contribution is 5.02. The number of nitrogens with zero attached hydrogens (tertiary/aromatic N) is 2. The molecule has 4 nitrogen and oxygen atoms in total. The summed E-state index contributed by atoms with van der Waals surface area (Å²) in [6, 6.07) is 3.01. The van der Waals surface area contributed by atoms with E-state index in [0.717, 1.165) is 44.7 Å². The van der Waals surface area contributed by atoms with Crippen LogP contribution in [0.3, 0.4) is 0 Å². The summed E-state index contributed by atoms with van der Waals surface area (Å²) in [5.41, 5.74) is 1.16. The normalized spacial score (nSPS) is 13.1. The van der Waals surface area contributed by atoms with E-state index in [1.54, 1.807) is 0 Å². The van der Waals surface area contributed by atoms with Crippen LogP contribution < -0.4 is 5.32 Å². The number of aromatic nitrogens is 2. The lowest BCUT2D eigenvalue weighted by molar-refractivity contribution is 0.124. The summed E-state index contributed by atoms with van der Waals surface area (Å²) in [7, 11) is 0. The summed E-state index contributed by atoms with van der Waals surface area (Å²) >= 11 is 0. The largest absolute Gasteiger partial charge is 0.381 e. The van der Waals surface area contributed by atoms with Crippen LogP contribution in [0.15, 0.2) is 12.3 Å². The third-order valence-corrected chi connectivity index (χ3v) is 3.10. The quantitative estimate of drug-likeness (QED) is 0.663. The van der Waals surface area contributed by atoms with Gasteiger partial charge in [-0.25, -0.2) is 0 Å². The van der Waals surface area contributed by atoms with E-state index in [4.69, 9.17) is 4.74 Å². The van der Waals surface area contributed by atoms with Crippen LogP contribution in [0, 0.1) is 0 Å². The highest BCUT2D eigenvalue weighted by Crippen LogP contribution is 2.08. The van der Waals surface area contributed by atoms with Gasteiger partial charge in [0.15, 0.2) is 0 Å². The van der Waals surface area contributed by atoms with Crippen molar-refractivity contribution in [1.82, 2.24) is 15.1 Å². The van der Waals surface area contributed by atoms with Crippen molar-refractivity contribution >= 4 is 0 Å². The van der Waals surface area contributed by atoms with Crippen LogP contribution in [-0.2, 0) is 11.2 Å². The zero-order valence-corrected chi connectivity index (χ0v) is 12.9. The first-order chi connectivity index (χ1) is 9.17. The van der Waals surface area contributed by atoms with Gasteiger partial charge in [-0.15, -0.1) is 0 Å². The van der Waals surface area contributed by atoms with Gasteiger partial charge >= 0.3 is 0 Å². The van der Waals surface area contributed by atoms with E-state index in [0.29, 0.717) is 12.1 Å². The second-order valence-electron chi connectivity index (χ2n) is 5.24. The number of hydrogen-bond donors (Lipinski definition) is 1. The maximum Gasteiger partial charge on any atom is 0.0640 e. The number of hydrogen-bond acceptors (Lipinski definition) is 3. The molecule has 19 heavy (non-hydrogen) atoms. The molecular weight excluding hydrogens is 238 g/mol. The van der Waals surface area contributed by atoms with Crippen molar-refractivity contribution in [3.63, 3.8) is 0 Å². The molecule has 0 aliphatic rings. The van der Waals surface area contributed by atoms with Gasteiger partial charge in [-0.05, 0) is 39.3 Å². The minimum absolute atomic E-state index is 0.430. The van der Waals surface area contributed by atoms with E-state index < -0.39 is 0 Å². The average Bonchev–Trinajstić information content (AvgIpc) is 2.83. The van der Waals surface area contributed by atoms with Gasteiger partial charge in [-0.1, -0.05) is 13.8 Å². The smallest absolute Gasteiger partial charge is 0.0640 e. The number of likely N-dealkylation sites (N-methyl/N-ethyl adjacent to an activating group) is 1. The minimum Gasteiger partial charge on any atom is -0.381 e. The molecule has 1 rings (SSSR count). The fraction of sp³-hybridized carbons (Fsp3) is 0.800. The lowest BCUT2D eigenvalue weighted by Gasteiger charge is -2.16. The molecule has 0 aliphatic carbocycles. The van der Waals surface area contributed by atoms with Crippen molar-refractivity contribution in [3.8, 4) is 0 Å². The van der Waals surface area contributed by atoms with Crippen LogP contribution in [0.4, 0.5) is 0 Å². The van der Waals surface area contributed by atoms with Crippen molar-refractivity contribution < 1.29 is 4.74 Å². The molecule has 1 aromatic rings. The molecule has 4 heteroatoms. The van der Waals surface area contributed by atoms with Crippen LogP contribution in [0.2, 0.25) is 0 Å². The SMILES string of the molecule is CCCOCCC(Cc1ccn(C(C)C)n1)NCC. The van der Waals surface area contributed by atoms with Gasteiger partial charge in [-0.3, -0.25) is 4.68 Å². The van der Waals surface area contributed by atoms with E-state index in [-0.39, 0.29) is 0 Å². The van der Waals surface area contributed by atoms with Crippen molar-refractivity contribution in [3.05, 3.63) is 18.0 Å². The van der Waals surface area contributed by atoms with Gasteiger partial charge in [0, 0.05) is 37.9 Å². The highest BCUT2D eigenvalue weighted by Gasteiger charge is 2.11. The predicted molar refractivity (Wildman–Crippen MR) is 79.5 cm³/mol. The predicted octanol–water partition coefficient (Wildman–Crippen LogP) is 2.80. The molecule has 0 aliphatic heterocycles. The topological polar surface area (TPSA) is 39.1 Å². The monoisotopic (exact) mass is 267 g/mol. The molecule has 0 amide bonds. The van der Waals surface area contributed by atoms with Gasteiger partial charge in [0.1, 0.15) is 0 Å². The summed E-state index contributed by atoms with van der Waals surface area (Å²) < 4.78 is 7.59. The molecule has 1 heterocycles. The Balaban J connectivity index is 2.42. The standard InChI is InChI=1S/C15H29N3O/c1-5-10-19-11-8-14(16-6-2)12-15-7-9-18(17-15)13(3)4/h7,9,13-14,16H,5-6,8,10-12H2,1-4H3.